The van der Waals surface area contributed by atoms with E-state index < -0.39 is 11.8 Å². The molecular weight excluding hydrogens is 394 g/mol. The molecule has 0 bridgehead atoms. The van der Waals surface area contributed by atoms with Gasteiger partial charge in [-0.25, -0.2) is 0 Å². The average Bonchev–Trinajstić information content (AvgIpc) is 2.77. The van der Waals surface area contributed by atoms with Gasteiger partial charge >= 0.3 is 5.91 Å². The largest absolute Gasteiger partial charge is 0.302 e. The number of hydrogen-bond acceptors (Lipinski definition) is 2. The van der Waals surface area contributed by atoms with Crippen molar-refractivity contribution in [3.05, 3.63) is 12.2 Å². The molecule has 0 unspecified atom stereocenters. The van der Waals surface area contributed by atoms with Gasteiger partial charge in [0.05, 0.1) is 0 Å². The maximum absolute atomic E-state index is 11.4. The number of rotatable bonds is 21. The van der Waals surface area contributed by atoms with Crippen molar-refractivity contribution < 1.29 is 9.59 Å². The van der Waals surface area contributed by atoms with Gasteiger partial charge in [0, 0.05) is 12.0 Å². The Morgan fingerprint density at radius 1 is 0.625 bits per heavy atom. The highest BCUT2D eigenvalue weighted by Gasteiger charge is 2.04. The summed E-state index contributed by atoms with van der Waals surface area (Å²) in [5.74, 6) is 4.32. The number of hydrogen-bond donors (Lipinski definition) is 1. The van der Waals surface area contributed by atoms with Gasteiger partial charge < -0.3 is 0 Å². The molecule has 0 aliphatic heterocycles. The van der Waals surface area contributed by atoms with Crippen molar-refractivity contribution in [1.82, 2.24) is 5.32 Å². The van der Waals surface area contributed by atoms with Gasteiger partial charge in [-0.1, -0.05) is 141 Å². The van der Waals surface area contributed by atoms with Crippen LogP contribution >= 0.6 is 0 Å². The van der Waals surface area contributed by atoms with Crippen molar-refractivity contribution >= 4 is 11.8 Å². The van der Waals surface area contributed by atoms with Crippen LogP contribution in [-0.4, -0.2) is 11.8 Å². The molecule has 3 heteroatoms. The molecule has 1 N–H and O–H groups in total. The fourth-order valence-electron chi connectivity index (χ4n) is 3.85. The molecule has 3 nitrogen and oxygen atoms in total. The fraction of sp³-hybridized carbons (Fsp3) is 0.793. The second-order valence-electron chi connectivity index (χ2n) is 9.33. The third kappa shape index (κ3) is 23.1. The van der Waals surface area contributed by atoms with Gasteiger partial charge in [-0.15, -0.1) is 0 Å². The number of imide groups is 1. The van der Waals surface area contributed by atoms with E-state index in [1.165, 1.54) is 122 Å². The van der Waals surface area contributed by atoms with Crippen LogP contribution in [0.2, 0.25) is 0 Å². The first-order chi connectivity index (χ1) is 15.6. The zero-order valence-electron chi connectivity index (χ0n) is 21.4. The molecule has 0 fully saturated rings. The quantitative estimate of drug-likeness (QED) is 0.109. The molecule has 0 aromatic carbocycles. The summed E-state index contributed by atoms with van der Waals surface area (Å²) >= 11 is 0. The molecule has 0 heterocycles. The van der Waals surface area contributed by atoms with Crippen molar-refractivity contribution in [2.24, 2.45) is 0 Å². The first-order valence-electron chi connectivity index (χ1n) is 13.6. The summed E-state index contributed by atoms with van der Waals surface area (Å²) in [4.78, 5) is 22.7. The molecule has 184 valence electrons. The van der Waals surface area contributed by atoms with Crippen molar-refractivity contribution in [2.75, 3.05) is 0 Å². The van der Waals surface area contributed by atoms with Gasteiger partial charge in [-0.05, 0) is 19.3 Å². The molecule has 0 saturated carbocycles. The molecule has 0 saturated heterocycles. The zero-order chi connectivity index (χ0) is 23.7. The summed E-state index contributed by atoms with van der Waals surface area (Å²) in [7, 11) is 0. The highest BCUT2D eigenvalue weighted by atomic mass is 16.2. The zero-order valence-corrected chi connectivity index (χ0v) is 21.4. The average molecular weight is 446 g/mol. The molecule has 0 rings (SSSR count). The summed E-state index contributed by atoms with van der Waals surface area (Å²) in [5.41, 5.74) is 0.314. The van der Waals surface area contributed by atoms with E-state index >= 15 is 0 Å². The van der Waals surface area contributed by atoms with Crippen LogP contribution in [0.5, 0.6) is 0 Å². The van der Waals surface area contributed by atoms with Gasteiger partial charge in [0.1, 0.15) is 0 Å². The van der Waals surface area contributed by atoms with Gasteiger partial charge in [0.2, 0.25) is 0 Å². The number of amides is 2. The maximum Gasteiger partial charge on any atom is 0.302 e. The Balaban J connectivity index is 3.23. The van der Waals surface area contributed by atoms with E-state index in [1.54, 1.807) is 6.92 Å². The Kier molecular flexibility index (Phi) is 22.9. The Bertz CT molecular complexity index is 541. The second-order valence-corrected chi connectivity index (χ2v) is 9.33. The Morgan fingerprint density at radius 2 is 0.969 bits per heavy atom. The van der Waals surface area contributed by atoms with Crippen molar-refractivity contribution in [3.63, 3.8) is 0 Å². The lowest BCUT2D eigenvalue weighted by Gasteiger charge is -2.04. The molecule has 32 heavy (non-hydrogen) atoms. The van der Waals surface area contributed by atoms with Crippen molar-refractivity contribution in [3.8, 4) is 11.8 Å². The van der Waals surface area contributed by atoms with E-state index in [2.05, 4.69) is 30.7 Å². The highest BCUT2D eigenvalue weighted by molar-refractivity contribution is 6.09. The lowest BCUT2D eigenvalue weighted by atomic mass is 10.0. The Morgan fingerprint density at radius 3 is 1.31 bits per heavy atom. The SMILES string of the molecule is C=C(C)C(=O)NC(=O)C#CCCCCCCCCCCCCCCCCCCCCCC. The fourth-order valence-corrected chi connectivity index (χ4v) is 3.85. The van der Waals surface area contributed by atoms with Crippen LogP contribution in [0.1, 0.15) is 149 Å². The molecule has 0 aromatic heterocycles. The number of carbonyl (C=O) groups excluding carboxylic acids is 2. The Labute approximate surface area is 199 Å². The van der Waals surface area contributed by atoms with Crippen LogP contribution < -0.4 is 5.32 Å². The third-order valence-electron chi connectivity index (χ3n) is 5.97. The van der Waals surface area contributed by atoms with E-state index in [9.17, 15) is 9.59 Å². The minimum absolute atomic E-state index is 0.314. The normalized spacial score (nSPS) is 10.4. The first kappa shape index (κ1) is 30.4. The van der Waals surface area contributed by atoms with E-state index in [4.69, 9.17) is 0 Å². The molecule has 0 spiro atoms. The van der Waals surface area contributed by atoms with E-state index in [-0.39, 0.29) is 0 Å². The minimum Gasteiger partial charge on any atom is -0.282 e. The van der Waals surface area contributed by atoms with Crippen LogP contribution in [0.4, 0.5) is 0 Å². The molecule has 0 aliphatic carbocycles. The summed E-state index contributed by atoms with van der Waals surface area (Å²) in [6, 6.07) is 0. The van der Waals surface area contributed by atoms with Gasteiger partial charge in [0.25, 0.3) is 5.91 Å². The lowest BCUT2D eigenvalue weighted by molar-refractivity contribution is -0.125. The molecule has 0 aromatic rings. The van der Waals surface area contributed by atoms with Crippen molar-refractivity contribution in [2.45, 2.75) is 149 Å². The number of nitrogens with one attached hydrogen (secondary N) is 1. The molecule has 0 radical (unpaired) electrons. The number of unbranched alkanes of at least 4 members (excludes halogenated alkanes) is 20. The minimum atomic E-state index is -0.536. The molecular formula is C29H51NO2. The van der Waals surface area contributed by atoms with Gasteiger partial charge in [0.15, 0.2) is 0 Å². The summed E-state index contributed by atoms with van der Waals surface area (Å²) < 4.78 is 0. The summed E-state index contributed by atoms with van der Waals surface area (Å²) in [6.45, 7) is 7.34. The second kappa shape index (κ2) is 24.1. The molecule has 2 amide bonds. The Hall–Kier alpha value is -1.56. The molecule has 0 aliphatic rings. The predicted molar refractivity (Wildman–Crippen MR) is 138 cm³/mol. The van der Waals surface area contributed by atoms with Crippen LogP contribution in [0.15, 0.2) is 12.2 Å². The van der Waals surface area contributed by atoms with Gasteiger partial charge in [-0.3, -0.25) is 14.9 Å². The third-order valence-corrected chi connectivity index (χ3v) is 5.97. The summed E-state index contributed by atoms with van der Waals surface area (Å²) in [6.07, 6.45) is 28.1. The van der Waals surface area contributed by atoms with E-state index in [0.29, 0.717) is 12.0 Å². The van der Waals surface area contributed by atoms with Crippen LogP contribution in [-0.2, 0) is 9.59 Å². The maximum atomic E-state index is 11.4. The highest BCUT2D eigenvalue weighted by Crippen LogP contribution is 2.14. The molecule has 0 atom stereocenters. The topological polar surface area (TPSA) is 46.2 Å². The standard InChI is InChI=1S/C29H51NO2/c1-4-5-6-7-8-9-10-11-12-13-14-15-16-17-18-19-20-21-22-23-24-25-26-28(31)30-29(32)27(2)3/h2,4-24H2,1,3H3,(H,30,31,32). The van der Waals surface area contributed by atoms with Crippen LogP contribution in [0, 0.1) is 11.8 Å². The monoisotopic (exact) mass is 445 g/mol. The van der Waals surface area contributed by atoms with Crippen LogP contribution in [0.25, 0.3) is 0 Å². The van der Waals surface area contributed by atoms with Gasteiger partial charge in [-0.2, -0.15) is 0 Å². The predicted octanol–water partition coefficient (Wildman–Crippen LogP) is 8.42. The number of carbonyl (C=O) groups is 2. The smallest absolute Gasteiger partial charge is 0.282 e. The van der Waals surface area contributed by atoms with Crippen LogP contribution in [0.3, 0.4) is 0 Å². The van der Waals surface area contributed by atoms with E-state index in [0.717, 1.165) is 6.42 Å². The summed E-state index contributed by atoms with van der Waals surface area (Å²) in [5, 5.41) is 2.19. The van der Waals surface area contributed by atoms with E-state index in [1.807, 2.05) is 0 Å². The first-order valence-corrected chi connectivity index (χ1v) is 13.6. The lowest BCUT2D eigenvalue weighted by Crippen LogP contribution is -2.29. The van der Waals surface area contributed by atoms with Crippen molar-refractivity contribution in [1.29, 1.82) is 0 Å².